The molecule has 0 bridgehead atoms. The molecule has 0 saturated carbocycles. The number of rotatable bonds is 3. The third-order valence-electron chi connectivity index (χ3n) is 2.24. The molecule has 0 radical (unpaired) electrons. The number of hydrogen-bond donors (Lipinski definition) is 0. The van der Waals surface area contributed by atoms with Crippen LogP contribution in [-0.4, -0.2) is 36.4 Å². The summed E-state index contributed by atoms with van der Waals surface area (Å²) in [5.41, 5.74) is 0. The predicted molar refractivity (Wildman–Crippen MR) is 60.1 cm³/mol. The number of hydrogen-bond acceptors (Lipinski definition) is 3. The largest absolute Gasteiger partial charge is 0.443 e. The van der Waals surface area contributed by atoms with E-state index in [-0.39, 0.29) is 12.2 Å². The Morgan fingerprint density at radius 2 is 2.20 bits per heavy atom. The lowest BCUT2D eigenvalue weighted by Gasteiger charge is -2.06. The molecule has 1 amide bonds. The van der Waals surface area contributed by atoms with Crippen molar-refractivity contribution in [1.29, 1.82) is 0 Å². The van der Waals surface area contributed by atoms with Gasteiger partial charge in [-0.2, -0.15) is 0 Å². The number of carbonyl (C=O) groups excluding carboxylic acids is 1. The van der Waals surface area contributed by atoms with Gasteiger partial charge in [-0.05, 0) is 12.1 Å². The van der Waals surface area contributed by atoms with Crippen molar-refractivity contribution in [3.63, 3.8) is 0 Å². The molecule has 4 heteroatoms. The summed E-state index contributed by atoms with van der Waals surface area (Å²) in [4.78, 5) is 13.9. The van der Waals surface area contributed by atoms with Crippen LogP contribution in [0.5, 0.6) is 0 Å². The minimum Gasteiger partial charge on any atom is -0.443 e. The zero-order valence-corrected chi connectivity index (χ0v) is 9.37. The Kier molecular flexibility index (Phi) is 3.16. The topological polar surface area (TPSA) is 29.5 Å². The molecule has 2 rings (SSSR count). The molecule has 1 aromatic rings. The quantitative estimate of drug-likeness (QED) is 0.736. The molecule has 1 heterocycles. The Hall–Kier alpha value is -1.16. The molecule has 1 fully saturated rings. The summed E-state index contributed by atoms with van der Waals surface area (Å²) in [7, 11) is 1.76. The van der Waals surface area contributed by atoms with E-state index in [0.717, 1.165) is 5.75 Å². The lowest BCUT2D eigenvalue weighted by atomic mass is 10.4. The van der Waals surface area contributed by atoms with Gasteiger partial charge in [0.1, 0.15) is 6.10 Å². The van der Waals surface area contributed by atoms with Gasteiger partial charge in [0.15, 0.2) is 0 Å². The maximum absolute atomic E-state index is 11.1. The number of benzene rings is 1. The Labute approximate surface area is 93.4 Å². The summed E-state index contributed by atoms with van der Waals surface area (Å²) in [5, 5.41) is 0. The molecule has 15 heavy (non-hydrogen) atoms. The summed E-state index contributed by atoms with van der Waals surface area (Å²) in [6, 6.07) is 10.1. The molecule has 0 N–H and O–H groups in total. The maximum atomic E-state index is 11.1. The van der Waals surface area contributed by atoms with E-state index in [0.29, 0.717) is 6.54 Å². The molecular formula is C11H13NO2S. The lowest BCUT2D eigenvalue weighted by Crippen LogP contribution is -2.20. The van der Waals surface area contributed by atoms with Gasteiger partial charge in [0.2, 0.25) is 0 Å². The number of likely N-dealkylation sites (N-methyl/N-ethyl adjacent to an activating group) is 1. The lowest BCUT2D eigenvalue weighted by molar-refractivity contribution is 0.142. The van der Waals surface area contributed by atoms with Gasteiger partial charge in [-0.3, -0.25) is 0 Å². The van der Waals surface area contributed by atoms with Crippen LogP contribution < -0.4 is 0 Å². The van der Waals surface area contributed by atoms with Crippen LogP contribution in [0.25, 0.3) is 0 Å². The highest BCUT2D eigenvalue weighted by molar-refractivity contribution is 7.99. The summed E-state index contributed by atoms with van der Waals surface area (Å²) >= 11 is 1.72. The fourth-order valence-electron chi connectivity index (χ4n) is 1.44. The molecule has 0 aliphatic carbocycles. The van der Waals surface area contributed by atoms with E-state index in [1.54, 1.807) is 23.7 Å². The second-order valence-electron chi connectivity index (χ2n) is 3.51. The van der Waals surface area contributed by atoms with Gasteiger partial charge < -0.3 is 9.64 Å². The van der Waals surface area contributed by atoms with Crippen molar-refractivity contribution in [3.05, 3.63) is 30.3 Å². The van der Waals surface area contributed by atoms with Crippen LogP contribution in [0, 0.1) is 0 Å². The normalized spacial score (nSPS) is 20.5. The summed E-state index contributed by atoms with van der Waals surface area (Å²) in [6.07, 6.45) is -0.193. The second-order valence-corrected chi connectivity index (χ2v) is 4.60. The highest BCUT2D eigenvalue weighted by atomic mass is 32.2. The Morgan fingerprint density at radius 3 is 2.80 bits per heavy atom. The monoisotopic (exact) mass is 223 g/mol. The van der Waals surface area contributed by atoms with Crippen molar-refractivity contribution < 1.29 is 9.53 Å². The smallest absolute Gasteiger partial charge is 0.409 e. The first-order valence-electron chi connectivity index (χ1n) is 4.85. The first-order chi connectivity index (χ1) is 7.25. The van der Waals surface area contributed by atoms with Crippen molar-refractivity contribution >= 4 is 17.9 Å². The molecule has 1 atom stereocenters. The molecule has 0 spiro atoms. The zero-order valence-electron chi connectivity index (χ0n) is 8.55. The Morgan fingerprint density at radius 1 is 1.47 bits per heavy atom. The van der Waals surface area contributed by atoms with E-state index < -0.39 is 0 Å². The molecule has 80 valence electrons. The van der Waals surface area contributed by atoms with Crippen LogP contribution in [0.3, 0.4) is 0 Å². The average Bonchev–Trinajstić information content (AvgIpc) is 2.57. The molecule has 1 aromatic carbocycles. The molecule has 1 aliphatic rings. The van der Waals surface area contributed by atoms with Gasteiger partial charge in [-0.1, -0.05) is 18.2 Å². The third kappa shape index (κ3) is 2.65. The minimum absolute atomic E-state index is 0.0210. The van der Waals surface area contributed by atoms with Crippen molar-refractivity contribution in [2.45, 2.75) is 11.0 Å². The van der Waals surface area contributed by atoms with E-state index >= 15 is 0 Å². The minimum atomic E-state index is -0.214. The van der Waals surface area contributed by atoms with Crippen molar-refractivity contribution in [2.24, 2.45) is 0 Å². The highest BCUT2D eigenvalue weighted by Crippen LogP contribution is 2.21. The molecule has 3 nitrogen and oxygen atoms in total. The van der Waals surface area contributed by atoms with Crippen LogP contribution in [0.15, 0.2) is 35.2 Å². The summed E-state index contributed by atoms with van der Waals surface area (Å²) in [6.45, 7) is 0.693. The van der Waals surface area contributed by atoms with Crippen LogP contribution in [-0.2, 0) is 4.74 Å². The first-order valence-corrected chi connectivity index (χ1v) is 5.84. The molecule has 1 unspecified atom stereocenters. The highest BCUT2D eigenvalue weighted by Gasteiger charge is 2.27. The number of ether oxygens (including phenoxy) is 1. The van der Waals surface area contributed by atoms with Gasteiger partial charge in [0.25, 0.3) is 0 Å². The van der Waals surface area contributed by atoms with Crippen LogP contribution in [0.1, 0.15) is 0 Å². The van der Waals surface area contributed by atoms with Crippen LogP contribution in [0.2, 0.25) is 0 Å². The Balaban J connectivity index is 1.82. The fourth-order valence-corrected chi connectivity index (χ4v) is 2.34. The number of nitrogens with zero attached hydrogens (tertiary/aromatic N) is 1. The van der Waals surface area contributed by atoms with Gasteiger partial charge in [0, 0.05) is 17.7 Å². The predicted octanol–water partition coefficient (Wildman–Crippen LogP) is 2.23. The third-order valence-corrected chi connectivity index (χ3v) is 3.38. The van der Waals surface area contributed by atoms with Crippen LogP contribution >= 0.6 is 11.8 Å². The van der Waals surface area contributed by atoms with Gasteiger partial charge in [0.05, 0.1) is 6.54 Å². The average molecular weight is 223 g/mol. The maximum Gasteiger partial charge on any atom is 0.409 e. The van der Waals surface area contributed by atoms with Gasteiger partial charge in [-0.25, -0.2) is 4.79 Å². The number of carbonyl (C=O) groups is 1. The number of cyclic esters (lactones) is 1. The zero-order chi connectivity index (χ0) is 10.7. The van der Waals surface area contributed by atoms with Gasteiger partial charge in [-0.15, -0.1) is 11.8 Å². The van der Waals surface area contributed by atoms with E-state index in [9.17, 15) is 4.79 Å². The summed E-state index contributed by atoms with van der Waals surface area (Å²) < 4.78 is 5.16. The second kappa shape index (κ2) is 4.57. The van der Waals surface area contributed by atoms with Crippen molar-refractivity contribution in [3.8, 4) is 0 Å². The van der Waals surface area contributed by atoms with Gasteiger partial charge >= 0.3 is 6.09 Å². The molecule has 1 aliphatic heterocycles. The molecule has 1 saturated heterocycles. The van der Waals surface area contributed by atoms with E-state index in [2.05, 4.69) is 12.1 Å². The first kappa shape index (κ1) is 10.4. The number of thioether (sulfide) groups is 1. The summed E-state index contributed by atoms with van der Waals surface area (Å²) in [5.74, 6) is 0.820. The van der Waals surface area contributed by atoms with Crippen molar-refractivity contribution in [2.75, 3.05) is 19.3 Å². The molecular weight excluding hydrogens is 210 g/mol. The SMILES string of the molecule is CN1CC(CSc2ccccc2)OC1=O. The Bertz CT molecular complexity index is 342. The van der Waals surface area contributed by atoms with E-state index in [1.165, 1.54) is 4.90 Å². The number of amides is 1. The van der Waals surface area contributed by atoms with Crippen molar-refractivity contribution in [1.82, 2.24) is 4.90 Å². The van der Waals surface area contributed by atoms with Crippen LogP contribution in [0.4, 0.5) is 4.79 Å². The van der Waals surface area contributed by atoms with E-state index in [4.69, 9.17) is 4.74 Å². The van der Waals surface area contributed by atoms with E-state index in [1.807, 2.05) is 18.2 Å². The standard InChI is InChI=1S/C11H13NO2S/c1-12-7-9(14-11(12)13)8-15-10-5-3-2-4-6-10/h2-6,9H,7-8H2,1H3. The molecule has 0 aromatic heterocycles. The fraction of sp³-hybridized carbons (Fsp3) is 0.364.